The van der Waals surface area contributed by atoms with Crippen LogP contribution in [0.15, 0.2) is 77.2 Å². The van der Waals surface area contributed by atoms with Crippen molar-refractivity contribution in [3.8, 4) is 0 Å². The monoisotopic (exact) mass is 422 g/mol. The Morgan fingerprint density at radius 3 is 2.33 bits per heavy atom. The molecule has 3 aromatic carbocycles. The Morgan fingerprint density at radius 2 is 1.63 bits per heavy atom. The van der Waals surface area contributed by atoms with Gasteiger partial charge in [0.05, 0.1) is 11.9 Å². The Hall–Kier alpha value is -3.32. The summed E-state index contributed by atoms with van der Waals surface area (Å²) in [5, 5.41) is 4.81. The molecule has 0 aliphatic heterocycles. The summed E-state index contributed by atoms with van der Waals surface area (Å²) < 4.78 is 32.0. The molecule has 154 valence electrons. The third-order valence-electron chi connectivity index (χ3n) is 4.99. The molecule has 0 saturated heterocycles. The number of hydrogen-bond acceptors (Lipinski definition) is 4. The Kier molecular flexibility index (Phi) is 5.22. The molecule has 0 bridgehead atoms. The molecule has 30 heavy (non-hydrogen) atoms. The number of benzene rings is 3. The van der Waals surface area contributed by atoms with E-state index >= 15 is 0 Å². The highest BCUT2D eigenvalue weighted by molar-refractivity contribution is 7.92. The van der Waals surface area contributed by atoms with Crippen LogP contribution >= 0.6 is 0 Å². The number of nitrogens with one attached hydrogen (secondary N) is 1. The van der Waals surface area contributed by atoms with Crippen LogP contribution in [0.1, 0.15) is 13.3 Å². The maximum Gasteiger partial charge on any atom is 0.248 e. The van der Waals surface area contributed by atoms with E-state index in [1.54, 1.807) is 49.4 Å². The second-order valence-electron chi connectivity index (χ2n) is 7.12. The second-order valence-corrected chi connectivity index (χ2v) is 8.98. The van der Waals surface area contributed by atoms with Crippen LogP contribution in [0.4, 0.5) is 11.4 Å². The van der Waals surface area contributed by atoms with E-state index in [0.717, 1.165) is 22.6 Å². The fraction of sp³-hybridized carbons (Fsp3) is 0.174. The smallest absolute Gasteiger partial charge is 0.248 e. The number of para-hydroxylation sites is 2. The Bertz CT molecular complexity index is 1310. The van der Waals surface area contributed by atoms with Crippen molar-refractivity contribution in [1.82, 2.24) is 0 Å². The fourth-order valence-corrected chi connectivity index (χ4v) is 4.88. The zero-order valence-corrected chi connectivity index (χ0v) is 17.5. The average Bonchev–Trinajstić information content (AvgIpc) is 3.09. The average molecular weight is 423 g/mol. The van der Waals surface area contributed by atoms with E-state index in [4.69, 9.17) is 4.42 Å². The van der Waals surface area contributed by atoms with E-state index in [-0.39, 0.29) is 0 Å². The van der Waals surface area contributed by atoms with Gasteiger partial charge in [-0.1, -0.05) is 43.3 Å². The first-order valence-electron chi connectivity index (χ1n) is 9.65. The molecule has 0 aliphatic rings. The van der Waals surface area contributed by atoms with Crippen LogP contribution in [0.2, 0.25) is 0 Å². The van der Waals surface area contributed by atoms with Crippen LogP contribution in [0.3, 0.4) is 0 Å². The van der Waals surface area contributed by atoms with Crippen LogP contribution in [0, 0.1) is 0 Å². The predicted molar refractivity (Wildman–Crippen MR) is 120 cm³/mol. The van der Waals surface area contributed by atoms with Crippen LogP contribution in [0.5, 0.6) is 0 Å². The summed E-state index contributed by atoms with van der Waals surface area (Å²) in [5.74, 6) is -0.401. The zero-order valence-electron chi connectivity index (χ0n) is 16.7. The van der Waals surface area contributed by atoms with E-state index in [0.29, 0.717) is 23.4 Å². The Balaban J connectivity index is 1.66. The van der Waals surface area contributed by atoms with Crippen molar-refractivity contribution in [3.05, 3.63) is 72.8 Å². The number of furan rings is 1. The lowest BCUT2D eigenvalue weighted by Crippen LogP contribution is -2.46. The largest absolute Gasteiger partial charge is 0.456 e. The summed E-state index contributed by atoms with van der Waals surface area (Å²) in [6, 6.07) is 20.9. The highest BCUT2D eigenvalue weighted by Gasteiger charge is 2.31. The third-order valence-corrected chi connectivity index (χ3v) is 6.17. The molecular weight excluding hydrogens is 400 g/mol. The Morgan fingerprint density at radius 1 is 0.967 bits per heavy atom. The number of hydrogen-bond donors (Lipinski definition) is 1. The third kappa shape index (κ3) is 3.76. The topological polar surface area (TPSA) is 79.6 Å². The summed E-state index contributed by atoms with van der Waals surface area (Å²) in [4.78, 5) is 13.1. The van der Waals surface area contributed by atoms with Gasteiger partial charge in [0.15, 0.2) is 0 Å². The number of amides is 1. The molecule has 0 radical (unpaired) electrons. The van der Waals surface area contributed by atoms with Crippen LogP contribution < -0.4 is 9.62 Å². The SMILES string of the molecule is CCC(C(=O)Nc1ccc2c(c1)oc1ccccc12)N(c1ccccc1)S(C)(=O)=O. The van der Waals surface area contributed by atoms with Crippen molar-refractivity contribution in [3.63, 3.8) is 0 Å². The van der Waals surface area contributed by atoms with Gasteiger partial charge in [-0.2, -0.15) is 0 Å². The second kappa shape index (κ2) is 7.84. The highest BCUT2D eigenvalue weighted by atomic mass is 32.2. The number of anilines is 2. The summed E-state index contributed by atoms with van der Waals surface area (Å²) in [7, 11) is -3.66. The molecule has 1 unspecified atom stereocenters. The first-order chi connectivity index (χ1) is 14.4. The van der Waals surface area contributed by atoms with E-state index in [9.17, 15) is 13.2 Å². The van der Waals surface area contributed by atoms with Gasteiger partial charge >= 0.3 is 0 Å². The minimum absolute atomic E-state index is 0.320. The summed E-state index contributed by atoms with van der Waals surface area (Å²) in [6.45, 7) is 1.79. The number of nitrogens with zero attached hydrogens (tertiary/aromatic N) is 1. The molecule has 6 nitrogen and oxygen atoms in total. The highest BCUT2D eigenvalue weighted by Crippen LogP contribution is 2.30. The van der Waals surface area contributed by atoms with Crippen molar-refractivity contribution in [2.75, 3.05) is 15.9 Å². The van der Waals surface area contributed by atoms with E-state index in [1.807, 2.05) is 30.3 Å². The lowest BCUT2D eigenvalue weighted by Gasteiger charge is -2.30. The number of carbonyl (C=O) groups is 1. The molecule has 4 aromatic rings. The molecule has 0 aliphatic carbocycles. The summed E-state index contributed by atoms with van der Waals surface area (Å²) >= 11 is 0. The first-order valence-corrected chi connectivity index (χ1v) is 11.5. The lowest BCUT2D eigenvalue weighted by molar-refractivity contribution is -0.117. The van der Waals surface area contributed by atoms with Crippen molar-refractivity contribution >= 4 is 49.2 Å². The zero-order chi connectivity index (χ0) is 21.3. The summed E-state index contributed by atoms with van der Waals surface area (Å²) in [5.41, 5.74) is 2.43. The number of fused-ring (bicyclic) bond motifs is 3. The Labute approximate surface area is 175 Å². The quantitative estimate of drug-likeness (QED) is 0.485. The van der Waals surface area contributed by atoms with Gasteiger partial charge in [-0.25, -0.2) is 8.42 Å². The molecule has 1 atom stereocenters. The molecule has 1 amide bonds. The van der Waals surface area contributed by atoms with Gasteiger partial charge in [-0.05, 0) is 36.8 Å². The number of carbonyl (C=O) groups excluding carboxylic acids is 1. The fourth-order valence-electron chi connectivity index (χ4n) is 3.66. The normalized spacial score (nSPS) is 12.7. The molecular formula is C23H22N2O4S. The van der Waals surface area contributed by atoms with Gasteiger partial charge < -0.3 is 9.73 Å². The summed E-state index contributed by atoms with van der Waals surface area (Å²) in [6.07, 6.45) is 1.43. The van der Waals surface area contributed by atoms with E-state index in [1.165, 1.54) is 4.31 Å². The van der Waals surface area contributed by atoms with Gasteiger partial charge in [0.1, 0.15) is 17.2 Å². The molecule has 1 aromatic heterocycles. The molecule has 0 spiro atoms. The van der Waals surface area contributed by atoms with Gasteiger partial charge in [-0.3, -0.25) is 9.10 Å². The number of sulfonamides is 1. The maximum absolute atomic E-state index is 13.1. The molecule has 0 saturated carbocycles. The van der Waals surface area contributed by atoms with Crippen LogP contribution in [-0.4, -0.2) is 26.6 Å². The van der Waals surface area contributed by atoms with Crippen molar-refractivity contribution in [2.45, 2.75) is 19.4 Å². The van der Waals surface area contributed by atoms with E-state index in [2.05, 4.69) is 5.32 Å². The maximum atomic E-state index is 13.1. The van der Waals surface area contributed by atoms with Gasteiger partial charge in [0, 0.05) is 22.5 Å². The van der Waals surface area contributed by atoms with Crippen LogP contribution in [0.25, 0.3) is 21.9 Å². The van der Waals surface area contributed by atoms with Crippen LogP contribution in [-0.2, 0) is 14.8 Å². The van der Waals surface area contributed by atoms with Gasteiger partial charge in [-0.15, -0.1) is 0 Å². The van der Waals surface area contributed by atoms with Gasteiger partial charge in [0.25, 0.3) is 0 Å². The van der Waals surface area contributed by atoms with Gasteiger partial charge in [0.2, 0.25) is 15.9 Å². The predicted octanol–water partition coefficient (Wildman–Crippen LogP) is 4.77. The number of rotatable bonds is 6. The molecule has 1 N–H and O–H groups in total. The standard InChI is InChI=1S/C23H22N2O4S/c1-3-20(25(30(2,27)28)17-9-5-4-6-10-17)23(26)24-16-13-14-19-18-11-7-8-12-21(18)29-22(19)15-16/h4-15,20H,3H2,1-2H3,(H,24,26). The minimum Gasteiger partial charge on any atom is -0.456 e. The molecule has 7 heteroatoms. The van der Waals surface area contributed by atoms with Crippen molar-refractivity contribution in [2.24, 2.45) is 0 Å². The molecule has 4 rings (SSSR count). The minimum atomic E-state index is -3.66. The molecule has 1 heterocycles. The lowest BCUT2D eigenvalue weighted by atomic mass is 10.1. The van der Waals surface area contributed by atoms with Crippen molar-refractivity contribution < 1.29 is 17.6 Å². The molecule has 0 fully saturated rings. The van der Waals surface area contributed by atoms with Crippen molar-refractivity contribution in [1.29, 1.82) is 0 Å². The first kappa shape index (κ1) is 20.0. The van der Waals surface area contributed by atoms with E-state index < -0.39 is 22.0 Å².